The minimum absolute atomic E-state index is 0.106. The van der Waals surface area contributed by atoms with Crippen LogP contribution in [0.3, 0.4) is 0 Å². The number of nitrogens with zero attached hydrogens (tertiary/aromatic N) is 1. The first-order valence-electron chi connectivity index (χ1n) is 7.28. The van der Waals surface area contributed by atoms with E-state index in [0.717, 1.165) is 24.9 Å². The predicted molar refractivity (Wildman–Crippen MR) is 84.6 cm³/mol. The number of benzene rings is 1. The molecule has 0 bridgehead atoms. The van der Waals surface area contributed by atoms with E-state index < -0.39 is 0 Å². The van der Waals surface area contributed by atoms with Crippen LogP contribution in [0.2, 0.25) is 0 Å². The number of rotatable bonds is 6. The Morgan fingerprint density at radius 2 is 1.90 bits per heavy atom. The SMILES string of the molecule is CCCNC(c1ccc(CC)cc1)c1cccnc1N. The third kappa shape index (κ3) is 3.36. The Morgan fingerprint density at radius 3 is 2.50 bits per heavy atom. The third-order valence-corrected chi connectivity index (χ3v) is 3.50. The Hall–Kier alpha value is -1.87. The van der Waals surface area contributed by atoms with Crippen LogP contribution in [0.15, 0.2) is 42.6 Å². The first-order valence-corrected chi connectivity index (χ1v) is 7.28. The van der Waals surface area contributed by atoms with E-state index in [-0.39, 0.29) is 6.04 Å². The summed E-state index contributed by atoms with van der Waals surface area (Å²) in [4.78, 5) is 4.21. The molecule has 1 atom stereocenters. The highest BCUT2D eigenvalue weighted by Gasteiger charge is 2.16. The van der Waals surface area contributed by atoms with Crippen molar-refractivity contribution < 1.29 is 0 Å². The number of nitrogen functional groups attached to an aromatic ring is 1. The molecular formula is C17H23N3. The van der Waals surface area contributed by atoms with Crippen molar-refractivity contribution in [2.45, 2.75) is 32.7 Å². The van der Waals surface area contributed by atoms with Gasteiger partial charge in [-0.3, -0.25) is 0 Å². The first kappa shape index (κ1) is 14.5. The summed E-state index contributed by atoms with van der Waals surface area (Å²) in [5.74, 6) is 0.598. The van der Waals surface area contributed by atoms with Gasteiger partial charge in [0.2, 0.25) is 0 Å². The molecule has 0 fully saturated rings. The van der Waals surface area contributed by atoms with E-state index in [2.05, 4.69) is 48.4 Å². The molecule has 2 aromatic rings. The van der Waals surface area contributed by atoms with Crippen LogP contribution < -0.4 is 11.1 Å². The van der Waals surface area contributed by atoms with E-state index >= 15 is 0 Å². The number of aryl methyl sites for hydroxylation is 1. The molecule has 0 radical (unpaired) electrons. The summed E-state index contributed by atoms with van der Waals surface area (Å²) in [5, 5.41) is 3.56. The van der Waals surface area contributed by atoms with E-state index in [4.69, 9.17) is 5.73 Å². The highest BCUT2D eigenvalue weighted by molar-refractivity contribution is 5.45. The summed E-state index contributed by atoms with van der Waals surface area (Å²) in [6.45, 7) is 5.28. The van der Waals surface area contributed by atoms with E-state index in [1.807, 2.05) is 12.1 Å². The van der Waals surface area contributed by atoms with Crippen molar-refractivity contribution in [1.29, 1.82) is 0 Å². The van der Waals surface area contributed by atoms with Crippen molar-refractivity contribution in [2.24, 2.45) is 0 Å². The minimum Gasteiger partial charge on any atom is -0.383 e. The van der Waals surface area contributed by atoms with Gasteiger partial charge in [0.05, 0.1) is 6.04 Å². The van der Waals surface area contributed by atoms with Crippen LogP contribution in [0.4, 0.5) is 5.82 Å². The molecule has 3 N–H and O–H groups in total. The quantitative estimate of drug-likeness (QED) is 0.846. The van der Waals surface area contributed by atoms with Crippen LogP contribution in [-0.4, -0.2) is 11.5 Å². The van der Waals surface area contributed by atoms with Crippen LogP contribution >= 0.6 is 0 Å². The van der Waals surface area contributed by atoms with E-state index in [1.165, 1.54) is 11.1 Å². The molecule has 0 saturated carbocycles. The molecule has 0 aliphatic rings. The number of hydrogen-bond acceptors (Lipinski definition) is 3. The normalized spacial score (nSPS) is 12.3. The second kappa shape index (κ2) is 7.06. The van der Waals surface area contributed by atoms with Crippen LogP contribution in [0, 0.1) is 0 Å². The van der Waals surface area contributed by atoms with Crippen LogP contribution in [-0.2, 0) is 6.42 Å². The monoisotopic (exact) mass is 269 g/mol. The summed E-state index contributed by atoms with van der Waals surface area (Å²) in [5.41, 5.74) is 9.66. The van der Waals surface area contributed by atoms with Gasteiger partial charge in [0.1, 0.15) is 5.82 Å². The summed E-state index contributed by atoms with van der Waals surface area (Å²) in [6.07, 6.45) is 3.88. The van der Waals surface area contributed by atoms with Crippen LogP contribution in [0.1, 0.15) is 43.0 Å². The first-order chi connectivity index (χ1) is 9.76. The highest BCUT2D eigenvalue weighted by atomic mass is 14.9. The number of anilines is 1. The minimum atomic E-state index is 0.106. The lowest BCUT2D eigenvalue weighted by molar-refractivity contribution is 0.598. The predicted octanol–water partition coefficient (Wildman–Crippen LogP) is 3.32. The second-order valence-electron chi connectivity index (χ2n) is 4.96. The number of nitrogens with one attached hydrogen (secondary N) is 1. The Kier molecular flexibility index (Phi) is 5.13. The van der Waals surface area contributed by atoms with Gasteiger partial charge in [0, 0.05) is 11.8 Å². The van der Waals surface area contributed by atoms with Crippen LogP contribution in [0.25, 0.3) is 0 Å². The molecule has 0 aliphatic carbocycles. The molecule has 1 aromatic carbocycles. The van der Waals surface area contributed by atoms with Crippen molar-refractivity contribution >= 4 is 5.82 Å². The lowest BCUT2D eigenvalue weighted by atomic mass is 9.97. The van der Waals surface area contributed by atoms with Crippen LogP contribution in [0.5, 0.6) is 0 Å². The molecule has 0 amide bonds. The maximum absolute atomic E-state index is 6.04. The molecule has 1 unspecified atom stereocenters. The summed E-state index contributed by atoms with van der Waals surface area (Å²) in [7, 11) is 0. The van der Waals surface area contributed by atoms with Gasteiger partial charge < -0.3 is 11.1 Å². The zero-order valence-corrected chi connectivity index (χ0v) is 12.3. The topological polar surface area (TPSA) is 50.9 Å². The van der Waals surface area contributed by atoms with E-state index in [0.29, 0.717) is 5.82 Å². The van der Waals surface area contributed by atoms with Gasteiger partial charge in [0.15, 0.2) is 0 Å². The van der Waals surface area contributed by atoms with Gasteiger partial charge in [-0.05, 0) is 36.6 Å². The zero-order valence-electron chi connectivity index (χ0n) is 12.3. The number of nitrogens with two attached hydrogens (primary N) is 1. The molecule has 0 spiro atoms. The molecule has 0 aliphatic heterocycles. The molecule has 0 saturated heterocycles. The van der Waals surface area contributed by atoms with Crippen molar-refractivity contribution in [3.05, 3.63) is 59.3 Å². The molecule has 2 rings (SSSR count). The molecule has 20 heavy (non-hydrogen) atoms. The van der Waals surface area contributed by atoms with Gasteiger partial charge in [-0.1, -0.05) is 44.2 Å². The maximum atomic E-state index is 6.04. The standard InChI is InChI=1S/C17H23N3/c1-3-11-19-16(15-6-5-12-20-17(15)18)14-9-7-13(4-2)8-10-14/h5-10,12,16,19H,3-4,11H2,1-2H3,(H2,18,20). The maximum Gasteiger partial charge on any atom is 0.128 e. The average Bonchev–Trinajstić information content (AvgIpc) is 2.50. The Labute approximate surface area is 121 Å². The number of hydrogen-bond donors (Lipinski definition) is 2. The van der Waals surface area contributed by atoms with E-state index in [1.54, 1.807) is 6.20 Å². The summed E-state index contributed by atoms with van der Waals surface area (Å²) >= 11 is 0. The zero-order chi connectivity index (χ0) is 14.4. The number of aromatic nitrogens is 1. The summed E-state index contributed by atoms with van der Waals surface area (Å²) < 4.78 is 0. The molecule has 1 heterocycles. The molecule has 1 aromatic heterocycles. The fraction of sp³-hybridized carbons (Fsp3) is 0.353. The molecular weight excluding hydrogens is 246 g/mol. The van der Waals surface area contributed by atoms with Gasteiger partial charge in [0.25, 0.3) is 0 Å². The van der Waals surface area contributed by atoms with Crippen molar-refractivity contribution in [3.8, 4) is 0 Å². The molecule has 3 nitrogen and oxygen atoms in total. The number of pyridine rings is 1. The Morgan fingerprint density at radius 1 is 1.15 bits per heavy atom. The van der Waals surface area contributed by atoms with Gasteiger partial charge in [-0.25, -0.2) is 4.98 Å². The van der Waals surface area contributed by atoms with Crippen molar-refractivity contribution in [2.75, 3.05) is 12.3 Å². The van der Waals surface area contributed by atoms with E-state index in [9.17, 15) is 0 Å². The van der Waals surface area contributed by atoms with Gasteiger partial charge >= 0.3 is 0 Å². The fourth-order valence-electron chi connectivity index (χ4n) is 2.32. The fourth-order valence-corrected chi connectivity index (χ4v) is 2.32. The second-order valence-corrected chi connectivity index (χ2v) is 4.96. The van der Waals surface area contributed by atoms with Crippen molar-refractivity contribution in [3.63, 3.8) is 0 Å². The van der Waals surface area contributed by atoms with Gasteiger partial charge in [-0.2, -0.15) is 0 Å². The smallest absolute Gasteiger partial charge is 0.128 e. The average molecular weight is 269 g/mol. The third-order valence-electron chi connectivity index (χ3n) is 3.50. The van der Waals surface area contributed by atoms with Gasteiger partial charge in [-0.15, -0.1) is 0 Å². The highest BCUT2D eigenvalue weighted by Crippen LogP contribution is 2.25. The molecule has 106 valence electrons. The molecule has 3 heteroatoms. The lowest BCUT2D eigenvalue weighted by Gasteiger charge is -2.20. The lowest BCUT2D eigenvalue weighted by Crippen LogP contribution is -2.24. The van der Waals surface area contributed by atoms with Crippen molar-refractivity contribution in [1.82, 2.24) is 10.3 Å². The Balaban J connectivity index is 2.33. The largest absolute Gasteiger partial charge is 0.383 e. The summed E-state index contributed by atoms with van der Waals surface area (Å²) in [6, 6.07) is 12.8. The Bertz CT molecular complexity index is 534.